The summed E-state index contributed by atoms with van der Waals surface area (Å²) >= 11 is 0. The van der Waals surface area contributed by atoms with E-state index in [9.17, 15) is 27.2 Å². The molecule has 0 saturated carbocycles. The monoisotopic (exact) mass is 478 g/mol. The summed E-state index contributed by atoms with van der Waals surface area (Å²) < 4.78 is 39.6. The van der Waals surface area contributed by atoms with Crippen LogP contribution in [-0.2, 0) is 21.9 Å². The van der Waals surface area contributed by atoms with Gasteiger partial charge in [-0.1, -0.05) is 0 Å². The summed E-state index contributed by atoms with van der Waals surface area (Å²) in [5.41, 5.74) is 1.94. The number of ketones is 1. The van der Waals surface area contributed by atoms with Crippen LogP contribution in [0.5, 0.6) is 0 Å². The highest BCUT2D eigenvalue weighted by Gasteiger charge is 2.33. The van der Waals surface area contributed by atoms with Gasteiger partial charge in [0, 0.05) is 37.6 Å². The standard InChI is InChI=1S/C22H27FN4O5S/c1-12-10-15(6-7-17(12)23)24-21(29)18-13(2)19(26(4)14(18)3)20(28)22(30)25-16-8-9-27(11-16)33(5,31)32/h6-7,10,16H,8-9,11H2,1-5H3,(H,24,29)(H,25,30). The minimum Gasteiger partial charge on any atom is -0.345 e. The van der Waals surface area contributed by atoms with E-state index < -0.39 is 33.7 Å². The van der Waals surface area contributed by atoms with Gasteiger partial charge in [-0.25, -0.2) is 17.1 Å². The third-order valence-electron chi connectivity index (χ3n) is 5.95. The van der Waals surface area contributed by atoms with E-state index in [1.807, 2.05) is 0 Å². The van der Waals surface area contributed by atoms with Gasteiger partial charge in [0.25, 0.3) is 17.6 Å². The van der Waals surface area contributed by atoms with Crippen LogP contribution in [0.3, 0.4) is 0 Å². The van der Waals surface area contributed by atoms with Crippen molar-refractivity contribution < 1.29 is 27.2 Å². The van der Waals surface area contributed by atoms with Gasteiger partial charge in [0.2, 0.25) is 10.0 Å². The molecule has 1 aliphatic heterocycles. The summed E-state index contributed by atoms with van der Waals surface area (Å²) in [6.45, 7) is 5.20. The van der Waals surface area contributed by atoms with Crippen molar-refractivity contribution >= 4 is 33.3 Å². The molecule has 1 aromatic carbocycles. The summed E-state index contributed by atoms with van der Waals surface area (Å²) in [6, 6.07) is 3.72. The number of halogens is 1. The van der Waals surface area contributed by atoms with Crippen molar-refractivity contribution in [2.45, 2.75) is 33.2 Å². The van der Waals surface area contributed by atoms with Crippen LogP contribution in [0.2, 0.25) is 0 Å². The fourth-order valence-corrected chi connectivity index (χ4v) is 4.94. The molecule has 0 radical (unpaired) electrons. The number of benzene rings is 1. The minimum absolute atomic E-state index is 0.0726. The first-order chi connectivity index (χ1) is 15.3. The Morgan fingerprint density at radius 2 is 1.82 bits per heavy atom. The summed E-state index contributed by atoms with van der Waals surface area (Å²) in [5, 5.41) is 5.30. The third-order valence-corrected chi connectivity index (χ3v) is 7.22. The van der Waals surface area contributed by atoms with Crippen LogP contribution in [0, 0.1) is 26.6 Å². The Bertz CT molecular complexity index is 1250. The number of aryl methyl sites for hydroxylation is 1. The largest absolute Gasteiger partial charge is 0.345 e. The van der Waals surface area contributed by atoms with Crippen LogP contribution in [0.15, 0.2) is 18.2 Å². The van der Waals surface area contributed by atoms with Crippen molar-refractivity contribution in [1.29, 1.82) is 0 Å². The molecule has 1 fully saturated rings. The predicted molar refractivity (Wildman–Crippen MR) is 121 cm³/mol. The molecule has 0 aliphatic carbocycles. The first-order valence-corrected chi connectivity index (χ1v) is 12.2. The van der Waals surface area contributed by atoms with E-state index in [0.29, 0.717) is 28.9 Å². The number of hydrogen-bond acceptors (Lipinski definition) is 5. The smallest absolute Gasteiger partial charge is 0.294 e. The Kier molecular flexibility index (Phi) is 6.75. The van der Waals surface area contributed by atoms with Crippen molar-refractivity contribution in [1.82, 2.24) is 14.2 Å². The van der Waals surface area contributed by atoms with E-state index in [1.54, 1.807) is 27.8 Å². The Hall–Kier alpha value is -3.05. The highest BCUT2D eigenvalue weighted by molar-refractivity contribution is 7.88. The fraction of sp³-hybridized carbons (Fsp3) is 0.409. The minimum atomic E-state index is -3.37. The van der Waals surface area contributed by atoms with E-state index in [4.69, 9.17) is 0 Å². The second kappa shape index (κ2) is 9.06. The topological polar surface area (TPSA) is 118 Å². The highest BCUT2D eigenvalue weighted by atomic mass is 32.2. The van der Waals surface area contributed by atoms with E-state index in [0.717, 1.165) is 6.26 Å². The van der Waals surface area contributed by atoms with Crippen molar-refractivity contribution in [3.05, 3.63) is 52.1 Å². The van der Waals surface area contributed by atoms with Crippen molar-refractivity contribution in [3.63, 3.8) is 0 Å². The molecule has 1 atom stereocenters. The Labute approximate surface area is 192 Å². The number of hydrogen-bond donors (Lipinski definition) is 2. The number of aromatic nitrogens is 1. The first-order valence-electron chi connectivity index (χ1n) is 10.3. The maximum atomic E-state index is 13.5. The zero-order valence-electron chi connectivity index (χ0n) is 19.2. The molecule has 0 spiro atoms. The number of carbonyl (C=O) groups is 3. The van der Waals surface area contributed by atoms with Crippen molar-refractivity contribution in [2.75, 3.05) is 24.7 Å². The average molecular weight is 479 g/mol. The molecule has 3 rings (SSSR count). The Morgan fingerprint density at radius 3 is 2.39 bits per heavy atom. The molecular weight excluding hydrogens is 451 g/mol. The second-order valence-corrected chi connectivity index (χ2v) is 10.3. The molecular formula is C22H27FN4O5S. The molecule has 33 heavy (non-hydrogen) atoms. The zero-order valence-corrected chi connectivity index (χ0v) is 20.0. The van der Waals surface area contributed by atoms with E-state index >= 15 is 0 Å². The van der Waals surface area contributed by atoms with Gasteiger partial charge in [-0.3, -0.25) is 14.4 Å². The lowest BCUT2D eigenvalue weighted by atomic mass is 10.1. The van der Waals surface area contributed by atoms with Crippen LogP contribution >= 0.6 is 0 Å². The highest BCUT2D eigenvalue weighted by Crippen LogP contribution is 2.24. The van der Waals surface area contributed by atoms with Gasteiger partial charge in [0.1, 0.15) is 5.82 Å². The number of amides is 2. The number of nitrogens with zero attached hydrogens (tertiary/aromatic N) is 2. The first kappa shape index (κ1) is 24.6. The number of carbonyl (C=O) groups excluding carboxylic acids is 3. The lowest BCUT2D eigenvalue weighted by Crippen LogP contribution is -2.42. The number of rotatable bonds is 6. The molecule has 1 saturated heterocycles. The van der Waals surface area contributed by atoms with Crippen LogP contribution in [0.1, 0.15) is 44.1 Å². The SMILES string of the molecule is Cc1cc(NC(=O)c2c(C)c(C(=O)C(=O)NC3CCN(S(C)(=O)=O)C3)n(C)c2C)ccc1F. The molecule has 2 aromatic rings. The van der Waals surface area contributed by atoms with E-state index in [2.05, 4.69) is 10.6 Å². The van der Waals surface area contributed by atoms with Gasteiger partial charge in [0.15, 0.2) is 0 Å². The summed E-state index contributed by atoms with van der Waals surface area (Å²) in [4.78, 5) is 38.5. The van der Waals surface area contributed by atoms with Gasteiger partial charge in [-0.2, -0.15) is 0 Å². The molecule has 9 nitrogen and oxygen atoms in total. The lowest BCUT2D eigenvalue weighted by molar-refractivity contribution is -0.117. The van der Waals surface area contributed by atoms with Crippen LogP contribution in [0.4, 0.5) is 10.1 Å². The molecule has 1 unspecified atom stereocenters. The predicted octanol–water partition coefficient (Wildman–Crippen LogP) is 1.67. The van der Waals surface area contributed by atoms with E-state index in [-0.39, 0.29) is 30.2 Å². The third kappa shape index (κ3) is 4.98. The van der Waals surface area contributed by atoms with Gasteiger partial charge >= 0.3 is 0 Å². The van der Waals surface area contributed by atoms with E-state index in [1.165, 1.54) is 27.1 Å². The number of nitrogens with one attached hydrogen (secondary N) is 2. The Morgan fingerprint density at radius 1 is 1.15 bits per heavy atom. The summed E-state index contributed by atoms with van der Waals surface area (Å²) in [5.74, 6) is -2.54. The molecule has 2 N–H and O–H groups in total. The van der Waals surface area contributed by atoms with Gasteiger partial charge in [-0.05, 0) is 56.5 Å². The molecule has 2 heterocycles. The van der Waals surface area contributed by atoms with Crippen molar-refractivity contribution in [3.8, 4) is 0 Å². The number of anilines is 1. The lowest BCUT2D eigenvalue weighted by Gasteiger charge is -2.14. The maximum absolute atomic E-state index is 13.5. The number of sulfonamides is 1. The fourth-order valence-electron chi connectivity index (χ4n) is 4.06. The molecule has 11 heteroatoms. The normalized spacial score (nSPS) is 16.6. The molecule has 2 amide bonds. The summed E-state index contributed by atoms with van der Waals surface area (Å²) in [7, 11) is -1.79. The van der Waals surface area contributed by atoms with Crippen LogP contribution in [-0.4, -0.2) is 60.3 Å². The van der Waals surface area contributed by atoms with Crippen molar-refractivity contribution in [2.24, 2.45) is 7.05 Å². The Balaban J connectivity index is 1.79. The summed E-state index contributed by atoms with van der Waals surface area (Å²) in [6.07, 6.45) is 1.50. The molecule has 178 valence electrons. The number of Topliss-reactive ketones (excluding diaryl/α,β-unsaturated/α-hetero) is 1. The average Bonchev–Trinajstić information content (AvgIpc) is 3.27. The molecule has 0 bridgehead atoms. The van der Waals surface area contributed by atoms with Gasteiger partial charge < -0.3 is 15.2 Å². The van der Waals surface area contributed by atoms with Crippen LogP contribution < -0.4 is 10.6 Å². The van der Waals surface area contributed by atoms with Gasteiger partial charge in [-0.15, -0.1) is 0 Å². The maximum Gasteiger partial charge on any atom is 0.294 e. The molecule has 1 aromatic heterocycles. The second-order valence-electron chi connectivity index (χ2n) is 8.32. The zero-order chi connectivity index (χ0) is 24.7. The van der Waals surface area contributed by atoms with Gasteiger partial charge in [0.05, 0.1) is 17.5 Å². The quantitative estimate of drug-likeness (QED) is 0.484. The molecule has 1 aliphatic rings. The van der Waals surface area contributed by atoms with Crippen LogP contribution in [0.25, 0.3) is 0 Å².